The molecule has 2 aromatic rings. The number of benzene rings is 2. The monoisotopic (exact) mass is 380 g/mol. The maximum absolute atomic E-state index is 12.1. The van der Waals surface area contributed by atoms with Crippen molar-refractivity contribution in [1.82, 2.24) is 15.1 Å². The number of amides is 2. The van der Waals surface area contributed by atoms with Crippen molar-refractivity contribution >= 4 is 11.7 Å². The van der Waals surface area contributed by atoms with Crippen molar-refractivity contribution in [2.24, 2.45) is 5.41 Å². The molecule has 0 unspecified atom stereocenters. The zero-order valence-corrected chi connectivity index (χ0v) is 16.6. The van der Waals surface area contributed by atoms with E-state index in [-0.39, 0.29) is 6.03 Å². The van der Waals surface area contributed by atoms with Crippen LogP contribution in [-0.4, -0.2) is 56.2 Å². The number of likely N-dealkylation sites (tertiary alicyclic amines) is 2. The Bertz CT molecular complexity index is 805. The first-order chi connectivity index (χ1) is 13.5. The van der Waals surface area contributed by atoms with Crippen LogP contribution >= 0.6 is 0 Å². The van der Waals surface area contributed by atoms with Crippen LogP contribution in [0.25, 0.3) is 0 Å². The Balaban J connectivity index is 1.20. The van der Waals surface area contributed by atoms with E-state index in [4.69, 9.17) is 4.74 Å². The number of carbonyl (C=O) groups is 1. The van der Waals surface area contributed by atoms with E-state index >= 15 is 0 Å². The van der Waals surface area contributed by atoms with Crippen molar-refractivity contribution in [2.45, 2.75) is 13.1 Å². The number of urea groups is 1. The second-order valence-corrected chi connectivity index (χ2v) is 8.17. The Morgan fingerprint density at radius 3 is 2.25 bits per heavy atom. The molecular formula is C22H28N4O2. The van der Waals surface area contributed by atoms with Crippen molar-refractivity contribution in [1.29, 1.82) is 0 Å². The molecule has 1 spiro atoms. The van der Waals surface area contributed by atoms with Crippen molar-refractivity contribution in [3.63, 3.8) is 0 Å². The van der Waals surface area contributed by atoms with Crippen LogP contribution in [0.2, 0.25) is 0 Å². The summed E-state index contributed by atoms with van der Waals surface area (Å²) >= 11 is 0. The summed E-state index contributed by atoms with van der Waals surface area (Å²) < 4.78 is 5.14. The summed E-state index contributed by atoms with van der Waals surface area (Å²) in [6.07, 6.45) is 0. The second kappa shape index (κ2) is 7.81. The van der Waals surface area contributed by atoms with Gasteiger partial charge in [0.25, 0.3) is 0 Å². The lowest BCUT2D eigenvalue weighted by molar-refractivity contribution is -0.107. The third-order valence-corrected chi connectivity index (χ3v) is 5.56. The summed E-state index contributed by atoms with van der Waals surface area (Å²) in [6, 6.07) is 15.6. The minimum atomic E-state index is -0.206. The fraction of sp³-hybridized carbons (Fsp3) is 0.409. The number of carbonyl (C=O) groups excluding carboxylic acids is 1. The van der Waals surface area contributed by atoms with E-state index in [0.717, 1.165) is 23.5 Å². The quantitative estimate of drug-likeness (QED) is 0.809. The molecule has 2 aliphatic rings. The summed E-state index contributed by atoms with van der Waals surface area (Å²) in [7, 11) is 3.83. The summed E-state index contributed by atoms with van der Waals surface area (Å²) in [5.74, 6) is 0.807. The fourth-order valence-electron chi connectivity index (χ4n) is 4.37. The molecule has 2 aliphatic heterocycles. The van der Waals surface area contributed by atoms with E-state index in [9.17, 15) is 4.79 Å². The number of nitrogens with one attached hydrogen (secondary N) is 2. The van der Waals surface area contributed by atoms with Gasteiger partial charge in [-0.05, 0) is 42.4 Å². The molecule has 2 amide bonds. The molecule has 148 valence electrons. The Kier molecular flexibility index (Phi) is 5.24. The molecule has 0 bridgehead atoms. The highest BCUT2D eigenvalue weighted by Gasteiger charge is 2.49. The zero-order chi connectivity index (χ0) is 19.6. The molecule has 6 nitrogen and oxygen atoms in total. The summed E-state index contributed by atoms with van der Waals surface area (Å²) in [5, 5.41) is 5.76. The van der Waals surface area contributed by atoms with Crippen molar-refractivity contribution in [3.05, 3.63) is 59.7 Å². The van der Waals surface area contributed by atoms with Crippen LogP contribution in [-0.2, 0) is 13.1 Å². The number of hydrogen-bond donors (Lipinski definition) is 2. The lowest BCUT2D eigenvalue weighted by Gasteiger charge is -2.59. The number of methoxy groups -OCH3 is 1. The van der Waals surface area contributed by atoms with Crippen LogP contribution in [0, 0.1) is 5.41 Å². The van der Waals surface area contributed by atoms with E-state index in [0.29, 0.717) is 12.0 Å². The Morgan fingerprint density at radius 1 is 1.00 bits per heavy atom. The lowest BCUT2D eigenvalue weighted by Crippen LogP contribution is -2.70. The van der Waals surface area contributed by atoms with Crippen molar-refractivity contribution in [2.75, 3.05) is 45.7 Å². The first-order valence-corrected chi connectivity index (χ1v) is 9.71. The number of hydrogen-bond acceptors (Lipinski definition) is 4. The van der Waals surface area contributed by atoms with Crippen LogP contribution < -0.4 is 15.4 Å². The molecule has 2 aromatic carbocycles. The normalized spacial score (nSPS) is 18.2. The zero-order valence-electron chi connectivity index (χ0n) is 16.6. The molecule has 4 rings (SSSR count). The van der Waals surface area contributed by atoms with Gasteiger partial charge < -0.3 is 20.3 Å². The molecule has 2 N–H and O–H groups in total. The summed E-state index contributed by atoms with van der Waals surface area (Å²) in [6.45, 7) is 6.32. The Morgan fingerprint density at radius 2 is 1.64 bits per heavy atom. The van der Waals surface area contributed by atoms with Crippen LogP contribution in [0.1, 0.15) is 11.1 Å². The fourth-order valence-corrected chi connectivity index (χ4v) is 4.37. The van der Waals surface area contributed by atoms with Crippen molar-refractivity contribution in [3.8, 4) is 5.75 Å². The predicted octanol–water partition coefficient (Wildman–Crippen LogP) is 2.76. The molecule has 0 atom stereocenters. The molecule has 2 fully saturated rings. The van der Waals surface area contributed by atoms with E-state index in [1.54, 1.807) is 7.11 Å². The van der Waals surface area contributed by atoms with Gasteiger partial charge in [-0.3, -0.25) is 4.90 Å². The molecular weight excluding hydrogens is 352 g/mol. The smallest absolute Gasteiger partial charge is 0.319 e. The molecule has 28 heavy (non-hydrogen) atoms. The maximum atomic E-state index is 12.1. The predicted molar refractivity (Wildman–Crippen MR) is 111 cm³/mol. The van der Waals surface area contributed by atoms with Gasteiger partial charge >= 0.3 is 6.03 Å². The summed E-state index contributed by atoms with van der Waals surface area (Å²) in [4.78, 5) is 17.0. The molecule has 0 aromatic heterocycles. The highest BCUT2D eigenvalue weighted by atomic mass is 16.5. The maximum Gasteiger partial charge on any atom is 0.319 e. The van der Waals surface area contributed by atoms with Crippen molar-refractivity contribution < 1.29 is 9.53 Å². The van der Waals surface area contributed by atoms with Gasteiger partial charge in [-0.25, -0.2) is 4.79 Å². The van der Waals surface area contributed by atoms with Gasteiger partial charge in [-0.2, -0.15) is 0 Å². The molecule has 0 saturated carbocycles. The highest BCUT2D eigenvalue weighted by Crippen LogP contribution is 2.39. The standard InChI is InChI=1S/C22H28N4O2/c1-25-13-22(14-25)15-26(16-22)12-18-3-7-19(8-4-18)24-21(27)23-11-17-5-9-20(28-2)10-6-17/h3-10H,11-16H2,1-2H3,(H2,23,24,27). The molecule has 6 heteroatoms. The average molecular weight is 380 g/mol. The number of ether oxygens (including phenoxy) is 1. The van der Waals surface area contributed by atoms with E-state index in [1.165, 1.54) is 31.7 Å². The Hall–Kier alpha value is -2.57. The number of nitrogens with zero attached hydrogens (tertiary/aromatic N) is 2. The van der Waals surface area contributed by atoms with Gasteiger partial charge in [0.05, 0.1) is 7.11 Å². The van der Waals surface area contributed by atoms with Gasteiger partial charge in [0.15, 0.2) is 0 Å². The third-order valence-electron chi connectivity index (χ3n) is 5.56. The van der Waals surface area contributed by atoms with E-state index < -0.39 is 0 Å². The Labute approximate surface area is 166 Å². The van der Waals surface area contributed by atoms with Crippen LogP contribution in [0.5, 0.6) is 5.75 Å². The van der Waals surface area contributed by atoms with E-state index in [2.05, 4.69) is 39.6 Å². The largest absolute Gasteiger partial charge is 0.497 e. The molecule has 0 radical (unpaired) electrons. The number of anilines is 1. The number of rotatable bonds is 6. The minimum Gasteiger partial charge on any atom is -0.497 e. The van der Waals surface area contributed by atoms with Gasteiger partial charge in [-0.15, -0.1) is 0 Å². The molecule has 0 aliphatic carbocycles. The molecule has 2 saturated heterocycles. The van der Waals surface area contributed by atoms with Gasteiger partial charge in [0.2, 0.25) is 0 Å². The third kappa shape index (κ3) is 4.29. The summed E-state index contributed by atoms with van der Waals surface area (Å²) in [5.41, 5.74) is 3.68. The van der Waals surface area contributed by atoms with Crippen LogP contribution in [0.4, 0.5) is 10.5 Å². The topological polar surface area (TPSA) is 56.8 Å². The SMILES string of the molecule is COc1ccc(CNC(=O)Nc2ccc(CN3CC4(CN(C)C4)C3)cc2)cc1. The van der Waals surface area contributed by atoms with Gasteiger partial charge in [0.1, 0.15) is 5.75 Å². The van der Waals surface area contributed by atoms with E-state index in [1.807, 2.05) is 36.4 Å². The first kappa shape index (κ1) is 18.8. The van der Waals surface area contributed by atoms with Gasteiger partial charge in [0, 0.05) is 50.4 Å². The van der Waals surface area contributed by atoms with Gasteiger partial charge in [-0.1, -0.05) is 24.3 Å². The lowest BCUT2D eigenvalue weighted by atomic mass is 9.73. The van der Waals surface area contributed by atoms with Crippen LogP contribution in [0.3, 0.4) is 0 Å². The first-order valence-electron chi connectivity index (χ1n) is 9.71. The molecule has 2 heterocycles. The second-order valence-electron chi connectivity index (χ2n) is 8.17. The average Bonchev–Trinajstić information content (AvgIpc) is 2.65. The van der Waals surface area contributed by atoms with Crippen LogP contribution in [0.15, 0.2) is 48.5 Å². The minimum absolute atomic E-state index is 0.206. The highest BCUT2D eigenvalue weighted by molar-refractivity contribution is 5.89.